The largest absolute Gasteiger partial charge is 0.416 e. The van der Waals surface area contributed by atoms with Crippen LogP contribution in [0.5, 0.6) is 0 Å². The fraction of sp³-hybridized carbons (Fsp3) is 0.217. The molecule has 2 heterocycles. The Balaban J connectivity index is 1.41. The highest BCUT2D eigenvalue weighted by Crippen LogP contribution is 2.29. The minimum atomic E-state index is -4.38. The number of benzene rings is 2. The van der Waals surface area contributed by atoms with Crippen LogP contribution < -0.4 is 10.2 Å². The van der Waals surface area contributed by atoms with E-state index in [-0.39, 0.29) is 18.5 Å². The molecule has 0 atom stereocenters. The molecule has 1 fully saturated rings. The van der Waals surface area contributed by atoms with Gasteiger partial charge in [0, 0.05) is 31.0 Å². The van der Waals surface area contributed by atoms with Gasteiger partial charge in [-0.25, -0.2) is 4.79 Å². The van der Waals surface area contributed by atoms with E-state index in [2.05, 4.69) is 5.32 Å². The van der Waals surface area contributed by atoms with Crippen LogP contribution in [0.4, 0.5) is 29.3 Å². The number of hydrogen-bond donors (Lipinski definition) is 1. The summed E-state index contributed by atoms with van der Waals surface area (Å²) >= 11 is 1.35. The normalized spacial score (nSPS) is 14.5. The minimum absolute atomic E-state index is 0.190. The van der Waals surface area contributed by atoms with E-state index in [9.17, 15) is 22.8 Å². The summed E-state index contributed by atoms with van der Waals surface area (Å²) in [6.45, 7) is 1.32. The number of amides is 3. The number of carbonyl (C=O) groups is 2. The molecular weight excluding hydrogens is 439 g/mol. The van der Waals surface area contributed by atoms with Gasteiger partial charge in [-0.05, 0) is 59.8 Å². The highest BCUT2D eigenvalue weighted by molar-refractivity contribution is 7.12. The fourth-order valence-electron chi connectivity index (χ4n) is 3.51. The second-order valence-corrected chi connectivity index (χ2v) is 8.33. The van der Waals surface area contributed by atoms with Crippen LogP contribution >= 0.6 is 11.3 Å². The van der Waals surface area contributed by atoms with Gasteiger partial charge in [-0.1, -0.05) is 18.2 Å². The quantitative estimate of drug-likeness (QED) is 0.520. The van der Waals surface area contributed by atoms with E-state index in [1.165, 1.54) is 23.5 Å². The van der Waals surface area contributed by atoms with Crippen LogP contribution in [0.3, 0.4) is 0 Å². The van der Waals surface area contributed by atoms with E-state index < -0.39 is 11.7 Å². The Morgan fingerprint density at radius 2 is 1.72 bits per heavy atom. The Morgan fingerprint density at radius 3 is 2.34 bits per heavy atom. The zero-order valence-electron chi connectivity index (χ0n) is 16.9. The monoisotopic (exact) mass is 459 g/mol. The smallest absolute Gasteiger partial charge is 0.321 e. The van der Waals surface area contributed by atoms with Gasteiger partial charge in [0.2, 0.25) is 0 Å². The van der Waals surface area contributed by atoms with Crippen molar-refractivity contribution in [2.45, 2.75) is 19.1 Å². The first-order valence-electron chi connectivity index (χ1n) is 9.99. The number of nitrogens with zero attached hydrogens (tertiary/aromatic N) is 2. The summed E-state index contributed by atoms with van der Waals surface area (Å²) in [4.78, 5) is 29.0. The number of carbonyl (C=O) groups excluding carboxylic acids is 2. The van der Waals surface area contributed by atoms with E-state index in [0.29, 0.717) is 34.9 Å². The van der Waals surface area contributed by atoms with Crippen molar-refractivity contribution in [2.24, 2.45) is 0 Å². The van der Waals surface area contributed by atoms with Gasteiger partial charge in [0.25, 0.3) is 5.91 Å². The summed E-state index contributed by atoms with van der Waals surface area (Å²) in [5, 5.41) is 4.65. The van der Waals surface area contributed by atoms with Crippen LogP contribution in [0.15, 0.2) is 66.0 Å². The molecule has 0 saturated carbocycles. The molecule has 1 aliphatic rings. The minimum Gasteiger partial charge on any atom is -0.321 e. The van der Waals surface area contributed by atoms with Crippen LogP contribution in [-0.2, 0) is 12.7 Å². The van der Waals surface area contributed by atoms with Crippen LogP contribution in [0.25, 0.3) is 0 Å². The molecule has 0 radical (unpaired) electrons. The molecule has 3 aromatic rings. The van der Waals surface area contributed by atoms with E-state index in [0.717, 1.165) is 18.6 Å². The number of nitrogens with one attached hydrogen (secondary N) is 1. The third kappa shape index (κ3) is 4.94. The number of thiophene rings is 1. The topological polar surface area (TPSA) is 52.7 Å². The van der Waals surface area contributed by atoms with Crippen molar-refractivity contribution < 1.29 is 22.8 Å². The summed E-state index contributed by atoms with van der Waals surface area (Å²) in [5.74, 6) is -0.190. The highest BCUT2D eigenvalue weighted by atomic mass is 32.1. The summed E-state index contributed by atoms with van der Waals surface area (Å²) in [7, 11) is 0. The molecule has 2 aromatic carbocycles. The molecular formula is C23H20F3N3O2S. The molecule has 166 valence electrons. The molecule has 3 amide bonds. The first-order valence-corrected chi connectivity index (χ1v) is 10.9. The van der Waals surface area contributed by atoms with Gasteiger partial charge in [0.1, 0.15) is 0 Å². The van der Waals surface area contributed by atoms with Gasteiger partial charge < -0.3 is 10.2 Å². The highest BCUT2D eigenvalue weighted by Gasteiger charge is 2.30. The lowest BCUT2D eigenvalue weighted by Crippen LogP contribution is -2.49. The molecule has 0 spiro atoms. The van der Waals surface area contributed by atoms with E-state index in [1.54, 1.807) is 46.2 Å². The summed E-state index contributed by atoms with van der Waals surface area (Å²) in [6, 6.07) is 15.2. The maximum absolute atomic E-state index is 13.0. The second-order valence-electron chi connectivity index (χ2n) is 7.38. The molecule has 32 heavy (non-hydrogen) atoms. The van der Waals surface area contributed by atoms with Gasteiger partial charge >= 0.3 is 12.2 Å². The van der Waals surface area contributed by atoms with E-state index in [4.69, 9.17) is 0 Å². The maximum atomic E-state index is 13.0. The molecule has 1 saturated heterocycles. The molecule has 1 N–H and O–H groups in total. The number of urea groups is 1. The molecule has 0 unspecified atom stereocenters. The lowest BCUT2D eigenvalue weighted by Gasteiger charge is -2.35. The maximum Gasteiger partial charge on any atom is 0.416 e. The summed E-state index contributed by atoms with van der Waals surface area (Å²) in [5.41, 5.74) is 1.25. The van der Waals surface area contributed by atoms with Gasteiger partial charge in [0.05, 0.1) is 10.4 Å². The van der Waals surface area contributed by atoms with E-state index >= 15 is 0 Å². The Labute approximate surface area is 187 Å². The predicted octanol–water partition coefficient (Wildman–Crippen LogP) is 5.85. The Kier molecular flexibility index (Phi) is 6.18. The van der Waals surface area contributed by atoms with Crippen molar-refractivity contribution in [3.8, 4) is 0 Å². The van der Waals surface area contributed by atoms with Crippen molar-refractivity contribution in [2.75, 3.05) is 23.3 Å². The number of rotatable bonds is 5. The third-order valence-electron chi connectivity index (χ3n) is 5.15. The standard InChI is InChI=1S/C23H20F3N3O2S/c24-23(25,26)17-6-4-16(5-7-17)15-28-12-2-13-29(22(28)31)19-10-8-18(9-11-19)27-21(30)20-3-1-14-32-20/h1,3-11,14H,2,12-13,15H2,(H,27,30). The van der Waals surface area contributed by atoms with Crippen LogP contribution in [0.1, 0.15) is 27.2 Å². The number of halogens is 3. The van der Waals surface area contributed by atoms with Crippen LogP contribution in [-0.4, -0.2) is 29.9 Å². The molecule has 1 aromatic heterocycles. The lowest BCUT2D eigenvalue weighted by molar-refractivity contribution is -0.137. The first-order chi connectivity index (χ1) is 15.3. The van der Waals surface area contributed by atoms with Crippen molar-refractivity contribution >= 4 is 34.6 Å². The van der Waals surface area contributed by atoms with Crippen molar-refractivity contribution in [1.82, 2.24) is 4.90 Å². The summed E-state index contributed by atoms with van der Waals surface area (Å²) in [6.07, 6.45) is -3.64. The average Bonchev–Trinajstić information content (AvgIpc) is 3.31. The number of alkyl halides is 3. The van der Waals surface area contributed by atoms with E-state index in [1.807, 2.05) is 5.38 Å². The zero-order valence-corrected chi connectivity index (χ0v) is 17.7. The first kappa shape index (κ1) is 21.9. The predicted molar refractivity (Wildman–Crippen MR) is 118 cm³/mol. The zero-order chi connectivity index (χ0) is 22.7. The average molecular weight is 459 g/mol. The number of anilines is 2. The van der Waals surface area contributed by atoms with Crippen LogP contribution in [0.2, 0.25) is 0 Å². The van der Waals surface area contributed by atoms with Crippen molar-refractivity contribution in [3.05, 3.63) is 82.0 Å². The molecule has 9 heteroatoms. The van der Waals surface area contributed by atoms with Crippen molar-refractivity contribution in [1.29, 1.82) is 0 Å². The van der Waals surface area contributed by atoms with Gasteiger partial charge in [-0.3, -0.25) is 9.69 Å². The Morgan fingerprint density at radius 1 is 1.00 bits per heavy atom. The van der Waals surface area contributed by atoms with Crippen LogP contribution in [0, 0.1) is 0 Å². The fourth-order valence-corrected chi connectivity index (χ4v) is 4.13. The molecule has 4 rings (SSSR count). The lowest BCUT2D eigenvalue weighted by atomic mass is 10.1. The Bertz CT molecular complexity index is 1080. The second kappa shape index (κ2) is 9.04. The van der Waals surface area contributed by atoms with Gasteiger partial charge in [-0.2, -0.15) is 13.2 Å². The van der Waals surface area contributed by atoms with Gasteiger partial charge in [0.15, 0.2) is 0 Å². The molecule has 5 nitrogen and oxygen atoms in total. The Hall–Kier alpha value is -3.33. The molecule has 0 aliphatic carbocycles. The SMILES string of the molecule is O=C(Nc1ccc(N2CCCN(Cc3ccc(C(F)(F)F)cc3)C2=O)cc1)c1cccs1. The van der Waals surface area contributed by atoms with Crippen molar-refractivity contribution in [3.63, 3.8) is 0 Å². The van der Waals surface area contributed by atoms with Gasteiger partial charge in [-0.15, -0.1) is 11.3 Å². The molecule has 0 bridgehead atoms. The summed E-state index contributed by atoms with van der Waals surface area (Å²) < 4.78 is 38.3. The molecule has 1 aliphatic heterocycles. The number of hydrogen-bond acceptors (Lipinski definition) is 3. The third-order valence-corrected chi connectivity index (χ3v) is 6.02.